The molecule has 3 aromatic heterocycles. The zero-order valence-corrected chi connectivity index (χ0v) is 15.3. The van der Waals surface area contributed by atoms with Crippen molar-refractivity contribution in [1.82, 2.24) is 14.5 Å². The summed E-state index contributed by atoms with van der Waals surface area (Å²) in [7, 11) is 0. The first-order chi connectivity index (χ1) is 13.0. The van der Waals surface area contributed by atoms with Crippen molar-refractivity contribution in [3.8, 4) is 5.13 Å². The molecule has 2 aliphatic heterocycles. The second kappa shape index (κ2) is 5.61. The highest BCUT2D eigenvalue weighted by Gasteiger charge is 2.49. The van der Waals surface area contributed by atoms with E-state index in [1.54, 1.807) is 16.1 Å². The van der Waals surface area contributed by atoms with Crippen molar-refractivity contribution in [3.63, 3.8) is 0 Å². The maximum absolute atomic E-state index is 12.8. The number of pyridine rings is 2. The standard InChI is InChI=1S/C18H16N4O4S/c1-10-6-12(21-8-18(9-21)2-4-26-18)20-15-13(10)14(23)11(16(24)25)7-22(15)17-19-3-5-27-17/h3,5-7H,2,4,8-9H2,1H3,(H,24,25). The molecule has 0 unspecified atom stereocenters. The highest BCUT2D eigenvalue weighted by atomic mass is 32.1. The number of carboxylic acids is 1. The number of aromatic nitrogens is 3. The van der Waals surface area contributed by atoms with Crippen molar-refractivity contribution in [2.75, 3.05) is 24.6 Å². The van der Waals surface area contributed by atoms with Crippen LogP contribution in [-0.4, -0.2) is 50.9 Å². The lowest BCUT2D eigenvalue weighted by molar-refractivity contribution is -0.161. The number of aromatic carboxylic acids is 1. The van der Waals surface area contributed by atoms with Crippen molar-refractivity contribution < 1.29 is 14.6 Å². The van der Waals surface area contributed by atoms with Crippen LogP contribution in [0.3, 0.4) is 0 Å². The molecule has 0 atom stereocenters. The minimum Gasteiger partial charge on any atom is -0.477 e. The van der Waals surface area contributed by atoms with E-state index >= 15 is 0 Å². The Labute approximate surface area is 157 Å². The van der Waals surface area contributed by atoms with Crippen LogP contribution in [0, 0.1) is 6.92 Å². The number of ether oxygens (including phenoxy) is 1. The minimum atomic E-state index is -1.26. The summed E-state index contributed by atoms with van der Waals surface area (Å²) in [6.07, 6.45) is 4.00. The largest absolute Gasteiger partial charge is 0.477 e. The molecule has 2 fully saturated rings. The third-order valence-electron chi connectivity index (χ3n) is 5.25. The Balaban J connectivity index is 1.72. The topological polar surface area (TPSA) is 97.5 Å². The summed E-state index contributed by atoms with van der Waals surface area (Å²) < 4.78 is 7.26. The molecule has 0 bridgehead atoms. The van der Waals surface area contributed by atoms with Crippen molar-refractivity contribution in [1.29, 1.82) is 0 Å². The van der Waals surface area contributed by atoms with E-state index in [1.807, 2.05) is 13.0 Å². The maximum Gasteiger partial charge on any atom is 0.341 e. The van der Waals surface area contributed by atoms with Crippen LogP contribution >= 0.6 is 11.3 Å². The van der Waals surface area contributed by atoms with Gasteiger partial charge in [-0.2, -0.15) is 0 Å². The number of hydrogen-bond acceptors (Lipinski definition) is 7. The molecule has 0 amide bonds. The first-order valence-corrected chi connectivity index (χ1v) is 9.44. The van der Waals surface area contributed by atoms with Gasteiger partial charge in [0.25, 0.3) is 0 Å². The monoisotopic (exact) mass is 384 g/mol. The summed E-state index contributed by atoms with van der Waals surface area (Å²) in [4.78, 5) is 35.4. The zero-order valence-electron chi connectivity index (χ0n) is 14.5. The predicted molar refractivity (Wildman–Crippen MR) is 100 cm³/mol. The average Bonchev–Trinajstić information content (AvgIpc) is 3.06. The molecule has 2 saturated heterocycles. The fourth-order valence-corrected chi connectivity index (χ4v) is 4.34. The van der Waals surface area contributed by atoms with Crippen molar-refractivity contribution >= 4 is 34.2 Å². The van der Waals surface area contributed by atoms with Gasteiger partial charge >= 0.3 is 5.97 Å². The lowest BCUT2D eigenvalue weighted by Gasteiger charge is -2.55. The third kappa shape index (κ3) is 2.38. The first kappa shape index (κ1) is 16.4. The summed E-state index contributed by atoms with van der Waals surface area (Å²) in [5.41, 5.74) is 0.270. The molecular weight excluding hydrogens is 368 g/mol. The number of carbonyl (C=O) groups is 1. The number of aryl methyl sites for hydroxylation is 1. The van der Waals surface area contributed by atoms with E-state index in [0.29, 0.717) is 21.7 Å². The predicted octanol–water partition coefficient (Wildman–Crippen LogP) is 1.83. The Bertz CT molecular complexity index is 1130. The molecule has 5 heterocycles. The molecule has 0 saturated carbocycles. The summed E-state index contributed by atoms with van der Waals surface area (Å²) >= 11 is 1.35. The Morgan fingerprint density at radius 2 is 2.19 bits per heavy atom. The number of thiazole rings is 1. The van der Waals surface area contributed by atoms with Crippen LogP contribution in [0.2, 0.25) is 0 Å². The van der Waals surface area contributed by atoms with E-state index < -0.39 is 11.4 Å². The van der Waals surface area contributed by atoms with Crippen LogP contribution in [0.4, 0.5) is 5.82 Å². The number of rotatable bonds is 3. The number of fused-ring (bicyclic) bond motifs is 1. The summed E-state index contributed by atoms with van der Waals surface area (Å²) in [6.45, 7) is 4.17. The van der Waals surface area contributed by atoms with Gasteiger partial charge in [0.2, 0.25) is 5.43 Å². The van der Waals surface area contributed by atoms with Gasteiger partial charge in [-0.1, -0.05) is 0 Å². The summed E-state index contributed by atoms with van der Waals surface area (Å²) in [6, 6.07) is 1.84. The number of nitrogens with zero attached hydrogens (tertiary/aromatic N) is 4. The van der Waals surface area contributed by atoms with Crippen molar-refractivity contribution in [2.45, 2.75) is 18.9 Å². The second-order valence-corrected chi connectivity index (χ2v) is 7.87. The Hall–Kier alpha value is -2.78. The molecule has 5 rings (SSSR count). The fraction of sp³-hybridized carbons (Fsp3) is 0.333. The van der Waals surface area contributed by atoms with Gasteiger partial charge in [-0.3, -0.25) is 9.36 Å². The van der Waals surface area contributed by atoms with Crippen LogP contribution in [-0.2, 0) is 4.74 Å². The van der Waals surface area contributed by atoms with Gasteiger partial charge in [0.05, 0.1) is 25.1 Å². The molecule has 3 aromatic rings. The van der Waals surface area contributed by atoms with Gasteiger partial charge in [0.15, 0.2) is 10.8 Å². The molecule has 0 aromatic carbocycles. The molecular formula is C18H16N4O4S. The average molecular weight is 384 g/mol. The summed E-state index contributed by atoms with van der Waals surface area (Å²) in [5.74, 6) is -0.503. The molecule has 0 aliphatic carbocycles. The van der Waals surface area contributed by atoms with E-state index in [4.69, 9.17) is 9.72 Å². The van der Waals surface area contributed by atoms with Crippen LogP contribution in [0.25, 0.3) is 16.2 Å². The highest BCUT2D eigenvalue weighted by molar-refractivity contribution is 7.12. The normalized spacial score (nSPS) is 17.7. The number of carboxylic acid groups (broad SMARTS) is 1. The van der Waals surface area contributed by atoms with E-state index in [0.717, 1.165) is 31.9 Å². The summed E-state index contributed by atoms with van der Waals surface area (Å²) in [5, 5.41) is 12.1. The van der Waals surface area contributed by atoms with Gasteiger partial charge < -0.3 is 14.7 Å². The van der Waals surface area contributed by atoms with Gasteiger partial charge in [-0.25, -0.2) is 14.8 Å². The molecule has 138 valence electrons. The molecule has 27 heavy (non-hydrogen) atoms. The fourth-order valence-electron chi connectivity index (χ4n) is 3.72. The molecule has 8 nitrogen and oxygen atoms in total. The van der Waals surface area contributed by atoms with Gasteiger partial charge in [-0.05, 0) is 18.6 Å². The van der Waals surface area contributed by atoms with E-state index in [2.05, 4.69) is 9.88 Å². The Morgan fingerprint density at radius 1 is 1.41 bits per heavy atom. The zero-order chi connectivity index (χ0) is 18.8. The Morgan fingerprint density at radius 3 is 2.78 bits per heavy atom. The van der Waals surface area contributed by atoms with Crippen molar-refractivity contribution in [3.05, 3.63) is 45.2 Å². The smallest absolute Gasteiger partial charge is 0.341 e. The number of anilines is 1. The Kier molecular flexibility index (Phi) is 3.40. The molecule has 1 N–H and O–H groups in total. The minimum absolute atomic E-state index is 0.0350. The molecule has 1 spiro atoms. The van der Waals surface area contributed by atoms with E-state index in [-0.39, 0.29) is 11.2 Å². The molecule has 0 radical (unpaired) electrons. The molecule has 2 aliphatic rings. The third-order valence-corrected chi connectivity index (χ3v) is 6.02. The van der Waals surface area contributed by atoms with Gasteiger partial charge in [-0.15, -0.1) is 11.3 Å². The van der Waals surface area contributed by atoms with Crippen LogP contribution in [0.5, 0.6) is 0 Å². The van der Waals surface area contributed by atoms with Gasteiger partial charge in [0.1, 0.15) is 17.0 Å². The quantitative estimate of drug-likeness (QED) is 0.736. The SMILES string of the molecule is Cc1cc(N2CC3(CCO3)C2)nc2c1c(=O)c(C(=O)O)cn2-c1nccs1. The first-order valence-electron chi connectivity index (χ1n) is 8.56. The highest BCUT2D eigenvalue weighted by Crippen LogP contribution is 2.38. The van der Waals surface area contributed by atoms with E-state index in [9.17, 15) is 14.7 Å². The van der Waals surface area contributed by atoms with Gasteiger partial charge in [0, 0.05) is 24.2 Å². The second-order valence-electron chi connectivity index (χ2n) is 7.00. The van der Waals surface area contributed by atoms with E-state index in [1.165, 1.54) is 17.5 Å². The maximum atomic E-state index is 12.8. The van der Waals surface area contributed by atoms with Crippen LogP contribution in [0.15, 0.2) is 28.6 Å². The van der Waals surface area contributed by atoms with Crippen LogP contribution < -0.4 is 10.3 Å². The number of hydrogen-bond donors (Lipinski definition) is 1. The lowest BCUT2D eigenvalue weighted by Crippen LogP contribution is -2.68. The van der Waals surface area contributed by atoms with Crippen molar-refractivity contribution in [2.24, 2.45) is 0 Å². The van der Waals surface area contributed by atoms with Crippen LogP contribution in [0.1, 0.15) is 22.3 Å². The lowest BCUT2D eigenvalue weighted by atomic mass is 9.86. The molecule has 9 heteroatoms.